The third-order valence-corrected chi connectivity index (χ3v) is 8.21. The zero-order valence-corrected chi connectivity index (χ0v) is 19.9. The van der Waals surface area contributed by atoms with E-state index < -0.39 is 14.8 Å². The fourth-order valence-corrected chi connectivity index (χ4v) is 5.51. The van der Waals surface area contributed by atoms with Gasteiger partial charge in [-0.05, 0) is 54.7 Å². The minimum absolute atomic E-state index is 0.409. The molecule has 9 heteroatoms. The molecule has 0 bridgehead atoms. The summed E-state index contributed by atoms with van der Waals surface area (Å²) in [6, 6.07) is 13.5. The number of nitrogens with zero attached hydrogens (tertiary/aromatic N) is 3. The molecule has 34 heavy (non-hydrogen) atoms. The zero-order chi connectivity index (χ0) is 24.1. The van der Waals surface area contributed by atoms with Crippen LogP contribution in [0.4, 0.5) is 0 Å². The number of hydrogen-bond donors (Lipinski definition) is 1. The first-order chi connectivity index (χ1) is 16.3. The molecule has 1 fully saturated rings. The number of benzene rings is 2. The number of ether oxygens (including phenoxy) is 2. The van der Waals surface area contributed by atoms with Gasteiger partial charge in [0, 0.05) is 28.4 Å². The van der Waals surface area contributed by atoms with Crippen molar-refractivity contribution >= 4 is 20.9 Å². The quantitative estimate of drug-likeness (QED) is 0.447. The van der Waals surface area contributed by atoms with Crippen LogP contribution < -0.4 is 14.6 Å². The van der Waals surface area contributed by atoms with Gasteiger partial charge in [-0.1, -0.05) is 24.3 Å². The average molecular weight is 477 g/mol. The van der Waals surface area contributed by atoms with E-state index in [1.54, 1.807) is 26.7 Å². The maximum atomic E-state index is 12.1. The highest BCUT2D eigenvalue weighted by molar-refractivity contribution is 7.90. The maximum Gasteiger partial charge on any atom is 0.256 e. The third kappa shape index (κ3) is 3.57. The van der Waals surface area contributed by atoms with Crippen LogP contribution in [-0.2, 0) is 14.8 Å². The second-order valence-electron chi connectivity index (χ2n) is 8.43. The number of nitrogens with two attached hydrogens (primary N) is 1. The summed E-state index contributed by atoms with van der Waals surface area (Å²) in [6.07, 6.45) is 4.37. The number of fused-ring (bicyclic) bond motifs is 1. The van der Waals surface area contributed by atoms with Gasteiger partial charge in [-0.15, -0.1) is 0 Å². The van der Waals surface area contributed by atoms with Crippen LogP contribution in [0.25, 0.3) is 33.2 Å². The molecule has 2 N–H and O–H groups in total. The van der Waals surface area contributed by atoms with Crippen LogP contribution in [0.1, 0.15) is 24.1 Å². The standard InChI is InChI=1S/C25H24N4O4S/c1-15-20-10-17(18-12-22(32-2)24(33-3)27-13-18)11-21(23(20)29-14-28-15)16-4-6-19(7-5-16)25(8-9-25)34(26,30)31/h4-7,10-14H,8-9H2,1-3H3,(H2,26,30,31). The summed E-state index contributed by atoms with van der Waals surface area (Å²) in [5.74, 6) is 0.941. The molecule has 0 spiro atoms. The van der Waals surface area contributed by atoms with Gasteiger partial charge in [-0.3, -0.25) is 0 Å². The van der Waals surface area contributed by atoms with E-state index in [-0.39, 0.29) is 0 Å². The zero-order valence-electron chi connectivity index (χ0n) is 19.1. The van der Waals surface area contributed by atoms with E-state index in [0.717, 1.165) is 38.9 Å². The summed E-state index contributed by atoms with van der Waals surface area (Å²) in [7, 11) is -0.548. The van der Waals surface area contributed by atoms with Gasteiger partial charge in [-0.2, -0.15) is 0 Å². The smallest absolute Gasteiger partial charge is 0.256 e. The van der Waals surface area contributed by atoms with Crippen molar-refractivity contribution < 1.29 is 17.9 Å². The van der Waals surface area contributed by atoms with Crippen LogP contribution in [0, 0.1) is 6.92 Å². The van der Waals surface area contributed by atoms with Gasteiger partial charge in [0.05, 0.1) is 19.7 Å². The number of aryl methyl sites for hydroxylation is 1. The SMILES string of the molecule is COc1cc(-c2cc(-c3ccc(C4(S(N)(=O)=O)CC4)cc3)c3ncnc(C)c3c2)cnc1OC. The molecule has 8 nitrogen and oxygen atoms in total. The summed E-state index contributed by atoms with van der Waals surface area (Å²) >= 11 is 0. The first-order valence-corrected chi connectivity index (χ1v) is 12.3. The van der Waals surface area contributed by atoms with Crippen molar-refractivity contribution in [1.29, 1.82) is 0 Å². The topological polar surface area (TPSA) is 117 Å². The van der Waals surface area contributed by atoms with Crippen LogP contribution >= 0.6 is 0 Å². The van der Waals surface area contributed by atoms with Gasteiger partial charge in [0.2, 0.25) is 10.0 Å². The monoisotopic (exact) mass is 476 g/mol. The summed E-state index contributed by atoms with van der Waals surface area (Å²) in [5, 5.41) is 6.42. The second-order valence-corrected chi connectivity index (χ2v) is 10.3. The van der Waals surface area contributed by atoms with Crippen molar-refractivity contribution in [3.63, 3.8) is 0 Å². The first-order valence-electron chi connectivity index (χ1n) is 10.7. The molecule has 0 atom stereocenters. The summed E-state index contributed by atoms with van der Waals surface area (Å²) in [6.45, 7) is 1.94. The number of methoxy groups -OCH3 is 2. The minimum Gasteiger partial charge on any atom is -0.491 e. The van der Waals surface area contributed by atoms with Crippen LogP contribution in [0.15, 0.2) is 55.0 Å². The molecule has 2 heterocycles. The van der Waals surface area contributed by atoms with Crippen LogP contribution in [0.3, 0.4) is 0 Å². The highest BCUT2D eigenvalue weighted by Gasteiger charge is 2.54. The Labute approximate surface area is 197 Å². The molecule has 0 saturated heterocycles. The van der Waals surface area contributed by atoms with E-state index in [0.29, 0.717) is 30.0 Å². The lowest BCUT2D eigenvalue weighted by atomic mass is 9.94. The van der Waals surface area contributed by atoms with Crippen molar-refractivity contribution in [2.45, 2.75) is 24.5 Å². The average Bonchev–Trinajstić information content (AvgIpc) is 3.66. The Morgan fingerprint density at radius 3 is 2.26 bits per heavy atom. The third-order valence-electron chi connectivity index (χ3n) is 6.47. The molecular weight excluding hydrogens is 452 g/mol. The Balaban J connectivity index is 1.67. The second kappa shape index (κ2) is 8.03. The predicted octanol–water partition coefficient (Wildman–Crippen LogP) is 3.96. The lowest BCUT2D eigenvalue weighted by molar-refractivity contribution is 0.343. The molecule has 174 valence electrons. The highest BCUT2D eigenvalue weighted by Crippen LogP contribution is 2.51. The van der Waals surface area contributed by atoms with E-state index in [1.165, 1.54) is 0 Å². The Morgan fingerprint density at radius 1 is 0.912 bits per heavy atom. The van der Waals surface area contributed by atoms with Crippen LogP contribution in [-0.4, -0.2) is 37.6 Å². The Bertz CT molecular complexity index is 1510. The maximum absolute atomic E-state index is 12.1. The lowest BCUT2D eigenvalue weighted by Gasteiger charge is -2.15. The lowest BCUT2D eigenvalue weighted by Crippen LogP contribution is -2.28. The van der Waals surface area contributed by atoms with Crippen molar-refractivity contribution in [1.82, 2.24) is 15.0 Å². The number of pyridine rings is 1. The fourth-order valence-electron chi connectivity index (χ4n) is 4.37. The molecule has 1 aliphatic rings. The van der Waals surface area contributed by atoms with Gasteiger partial charge in [0.15, 0.2) is 5.75 Å². The molecule has 0 unspecified atom stereocenters. The van der Waals surface area contributed by atoms with Gasteiger partial charge in [-0.25, -0.2) is 28.5 Å². The summed E-state index contributed by atoms with van der Waals surface area (Å²) in [5.41, 5.74) is 5.96. The molecular formula is C25H24N4O4S. The molecule has 2 aromatic carbocycles. The van der Waals surface area contributed by atoms with E-state index in [2.05, 4.69) is 15.0 Å². The molecule has 1 saturated carbocycles. The number of aromatic nitrogens is 3. The first kappa shape index (κ1) is 22.2. The van der Waals surface area contributed by atoms with Gasteiger partial charge >= 0.3 is 0 Å². The van der Waals surface area contributed by atoms with E-state index >= 15 is 0 Å². The predicted molar refractivity (Wildman–Crippen MR) is 130 cm³/mol. The number of hydrogen-bond acceptors (Lipinski definition) is 7. The van der Waals surface area contributed by atoms with E-state index in [1.807, 2.05) is 49.4 Å². The molecule has 5 rings (SSSR count). The van der Waals surface area contributed by atoms with Gasteiger partial charge in [0.1, 0.15) is 11.1 Å². The minimum atomic E-state index is -3.67. The number of rotatable bonds is 6. The molecule has 0 radical (unpaired) electrons. The van der Waals surface area contributed by atoms with Crippen molar-refractivity contribution in [2.75, 3.05) is 14.2 Å². The molecule has 2 aromatic heterocycles. The molecule has 0 aliphatic heterocycles. The van der Waals surface area contributed by atoms with E-state index in [4.69, 9.17) is 14.6 Å². The molecule has 4 aromatic rings. The number of sulfonamides is 1. The van der Waals surface area contributed by atoms with E-state index in [9.17, 15) is 8.42 Å². The van der Waals surface area contributed by atoms with Crippen molar-refractivity contribution in [3.8, 4) is 33.9 Å². The normalized spacial score (nSPS) is 14.7. The Kier molecular flexibility index (Phi) is 5.26. The molecule has 0 amide bonds. The largest absolute Gasteiger partial charge is 0.491 e. The number of primary sulfonamides is 1. The van der Waals surface area contributed by atoms with Crippen molar-refractivity contribution in [2.24, 2.45) is 5.14 Å². The van der Waals surface area contributed by atoms with Gasteiger partial charge < -0.3 is 9.47 Å². The van der Waals surface area contributed by atoms with Crippen molar-refractivity contribution in [3.05, 3.63) is 66.2 Å². The van der Waals surface area contributed by atoms with Gasteiger partial charge in [0.25, 0.3) is 5.88 Å². The van der Waals surface area contributed by atoms with Crippen LogP contribution in [0.5, 0.6) is 11.6 Å². The summed E-state index contributed by atoms with van der Waals surface area (Å²) < 4.78 is 34.0. The Hall–Kier alpha value is -3.56. The highest BCUT2D eigenvalue weighted by atomic mass is 32.2. The van der Waals surface area contributed by atoms with Crippen LogP contribution in [0.2, 0.25) is 0 Å². The fraction of sp³-hybridized carbons (Fsp3) is 0.240. The Morgan fingerprint density at radius 2 is 1.65 bits per heavy atom. The molecule has 1 aliphatic carbocycles. The summed E-state index contributed by atoms with van der Waals surface area (Å²) in [4.78, 5) is 13.3.